The Morgan fingerprint density at radius 2 is 2.00 bits per heavy atom. The van der Waals surface area contributed by atoms with Crippen LogP contribution in [0.5, 0.6) is 5.88 Å². The van der Waals surface area contributed by atoms with Crippen LogP contribution in [0.15, 0.2) is 41.0 Å². The molecular formula is C12H10BrClN2O. The van der Waals surface area contributed by atoms with Crippen molar-refractivity contribution in [2.45, 2.75) is 6.61 Å². The molecule has 2 N–H and O–H groups in total. The summed E-state index contributed by atoms with van der Waals surface area (Å²) >= 11 is 9.14. The van der Waals surface area contributed by atoms with Crippen LogP contribution in [0.2, 0.25) is 5.02 Å². The predicted molar refractivity (Wildman–Crippen MR) is 72.1 cm³/mol. The molecular weight excluding hydrogens is 304 g/mol. The Morgan fingerprint density at radius 1 is 1.29 bits per heavy atom. The topological polar surface area (TPSA) is 48.1 Å². The summed E-state index contributed by atoms with van der Waals surface area (Å²) < 4.78 is 6.30. The van der Waals surface area contributed by atoms with Crippen LogP contribution in [0, 0.1) is 0 Å². The number of hydrogen-bond acceptors (Lipinski definition) is 3. The SMILES string of the molecule is Nc1cnc(OCc2ccc(Cl)cc2)c(Br)c1. The fourth-order valence-corrected chi connectivity index (χ4v) is 1.89. The van der Waals surface area contributed by atoms with Crippen LogP contribution in [-0.2, 0) is 6.61 Å². The van der Waals surface area contributed by atoms with E-state index in [1.54, 1.807) is 12.3 Å². The van der Waals surface area contributed by atoms with Crippen molar-refractivity contribution in [3.05, 3.63) is 51.6 Å². The van der Waals surface area contributed by atoms with Gasteiger partial charge in [0.25, 0.3) is 0 Å². The van der Waals surface area contributed by atoms with Gasteiger partial charge in [0.2, 0.25) is 5.88 Å². The molecule has 0 aliphatic heterocycles. The van der Waals surface area contributed by atoms with Gasteiger partial charge in [-0.2, -0.15) is 0 Å². The molecule has 0 amide bonds. The van der Waals surface area contributed by atoms with Gasteiger partial charge in [0.15, 0.2) is 0 Å². The molecule has 0 aliphatic rings. The normalized spacial score (nSPS) is 10.2. The summed E-state index contributed by atoms with van der Waals surface area (Å²) in [5, 5.41) is 0.709. The van der Waals surface area contributed by atoms with Crippen molar-refractivity contribution in [1.29, 1.82) is 0 Å². The number of nitrogens with zero attached hydrogens (tertiary/aromatic N) is 1. The second kappa shape index (κ2) is 5.38. The summed E-state index contributed by atoms with van der Waals surface area (Å²) in [6.07, 6.45) is 1.56. The summed E-state index contributed by atoms with van der Waals surface area (Å²) in [7, 11) is 0. The predicted octanol–water partition coefficient (Wildman–Crippen LogP) is 3.66. The van der Waals surface area contributed by atoms with Crippen LogP contribution in [0.4, 0.5) is 5.69 Å². The van der Waals surface area contributed by atoms with Gasteiger partial charge in [-0.15, -0.1) is 0 Å². The third kappa shape index (κ3) is 3.35. The van der Waals surface area contributed by atoms with E-state index in [-0.39, 0.29) is 0 Å². The van der Waals surface area contributed by atoms with E-state index >= 15 is 0 Å². The average Bonchev–Trinajstić information content (AvgIpc) is 2.30. The Hall–Kier alpha value is -1.26. The monoisotopic (exact) mass is 312 g/mol. The van der Waals surface area contributed by atoms with Crippen LogP contribution in [0.3, 0.4) is 0 Å². The van der Waals surface area contributed by atoms with E-state index in [9.17, 15) is 0 Å². The molecule has 1 aromatic heterocycles. The highest BCUT2D eigenvalue weighted by molar-refractivity contribution is 9.10. The molecule has 0 radical (unpaired) electrons. The number of hydrogen-bond donors (Lipinski definition) is 1. The number of ether oxygens (including phenoxy) is 1. The standard InChI is InChI=1S/C12H10BrClN2O/c13-11-5-10(15)6-16-12(11)17-7-8-1-3-9(14)4-2-8/h1-6H,7,15H2. The van der Waals surface area contributed by atoms with Gasteiger partial charge in [0.1, 0.15) is 6.61 Å². The number of nitrogen functional groups attached to an aromatic ring is 1. The van der Waals surface area contributed by atoms with Crippen molar-refractivity contribution in [3.63, 3.8) is 0 Å². The lowest BCUT2D eigenvalue weighted by molar-refractivity contribution is 0.292. The number of anilines is 1. The molecule has 0 spiro atoms. The average molecular weight is 314 g/mol. The van der Waals surface area contributed by atoms with Crippen molar-refractivity contribution in [2.75, 3.05) is 5.73 Å². The molecule has 2 rings (SSSR count). The lowest BCUT2D eigenvalue weighted by Crippen LogP contribution is -1.98. The highest BCUT2D eigenvalue weighted by Gasteiger charge is 2.03. The van der Waals surface area contributed by atoms with Crippen molar-refractivity contribution < 1.29 is 4.74 Å². The molecule has 3 nitrogen and oxygen atoms in total. The Morgan fingerprint density at radius 3 is 2.65 bits per heavy atom. The molecule has 0 unspecified atom stereocenters. The maximum Gasteiger partial charge on any atom is 0.228 e. The zero-order chi connectivity index (χ0) is 12.3. The Balaban J connectivity index is 2.04. The lowest BCUT2D eigenvalue weighted by atomic mass is 10.2. The van der Waals surface area contributed by atoms with Gasteiger partial charge in [-0.25, -0.2) is 4.98 Å². The van der Waals surface area contributed by atoms with Gasteiger partial charge in [-0.3, -0.25) is 0 Å². The van der Waals surface area contributed by atoms with E-state index in [2.05, 4.69) is 20.9 Å². The van der Waals surface area contributed by atoms with E-state index < -0.39 is 0 Å². The smallest absolute Gasteiger partial charge is 0.228 e. The molecule has 0 aliphatic carbocycles. The van der Waals surface area contributed by atoms with E-state index in [0.717, 1.165) is 10.0 Å². The minimum atomic E-state index is 0.437. The van der Waals surface area contributed by atoms with Crippen molar-refractivity contribution in [2.24, 2.45) is 0 Å². The minimum absolute atomic E-state index is 0.437. The number of nitrogens with two attached hydrogens (primary N) is 1. The Bertz CT molecular complexity index is 516. The van der Waals surface area contributed by atoms with Gasteiger partial charge in [0.05, 0.1) is 16.4 Å². The van der Waals surface area contributed by atoms with Crippen LogP contribution in [-0.4, -0.2) is 4.98 Å². The van der Waals surface area contributed by atoms with E-state index in [4.69, 9.17) is 22.1 Å². The van der Waals surface area contributed by atoms with Gasteiger partial charge >= 0.3 is 0 Å². The Labute approximate surface area is 113 Å². The fourth-order valence-electron chi connectivity index (χ4n) is 1.28. The fraction of sp³-hybridized carbons (Fsp3) is 0.0833. The first-order chi connectivity index (χ1) is 8.15. The third-order valence-corrected chi connectivity index (χ3v) is 2.94. The maximum atomic E-state index is 5.80. The first-order valence-electron chi connectivity index (χ1n) is 4.93. The van der Waals surface area contributed by atoms with Crippen molar-refractivity contribution in [1.82, 2.24) is 4.98 Å². The molecule has 0 atom stereocenters. The second-order valence-corrected chi connectivity index (χ2v) is 4.76. The molecule has 5 heteroatoms. The molecule has 0 bridgehead atoms. The van der Waals surface area contributed by atoms with Crippen molar-refractivity contribution in [3.8, 4) is 5.88 Å². The first kappa shape index (κ1) is 12.2. The molecule has 2 aromatic rings. The number of halogens is 2. The number of pyridine rings is 1. The van der Waals surface area contributed by atoms with E-state index in [1.165, 1.54) is 0 Å². The van der Waals surface area contributed by atoms with Crippen LogP contribution >= 0.6 is 27.5 Å². The molecule has 1 aromatic carbocycles. The van der Waals surface area contributed by atoms with E-state index in [1.807, 2.05) is 24.3 Å². The van der Waals surface area contributed by atoms with Crippen LogP contribution in [0.25, 0.3) is 0 Å². The summed E-state index contributed by atoms with van der Waals surface area (Å²) in [4.78, 5) is 4.09. The summed E-state index contributed by atoms with van der Waals surface area (Å²) in [6.45, 7) is 0.437. The molecule has 0 saturated heterocycles. The summed E-state index contributed by atoms with van der Waals surface area (Å²) in [6, 6.07) is 9.22. The maximum absolute atomic E-state index is 5.80. The largest absolute Gasteiger partial charge is 0.472 e. The van der Waals surface area contributed by atoms with Crippen LogP contribution < -0.4 is 10.5 Å². The quantitative estimate of drug-likeness (QED) is 0.940. The zero-order valence-electron chi connectivity index (χ0n) is 8.86. The molecule has 0 fully saturated rings. The van der Waals surface area contributed by atoms with Crippen LogP contribution in [0.1, 0.15) is 5.56 Å². The van der Waals surface area contributed by atoms with Gasteiger partial charge in [-0.1, -0.05) is 23.7 Å². The molecule has 17 heavy (non-hydrogen) atoms. The molecule has 88 valence electrons. The summed E-state index contributed by atoms with van der Waals surface area (Å²) in [5.41, 5.74) is 7.21. The van der Waals surface area contributed by atoms with Crippen molar-refractivity contribution >= 4 is 33.2 Å². The van der Waals surface area contributed by atoms with Gasteiger partial charge < -0.3 is 10.5 Å². The summed E-state index contributed by atoms with van der Waals surface area (Å²) in [5.74, 6) is 0.522. The third-order valence-electron chi connectivity index (χ3n) is 2.12. The van der Waals surface area contributed by atoms with E-state index in [0.29, 0.717) is 23.2 Å². The lowest BCUT2D eigenvalue weighted by Gasteiger charge is -2.07. The molecule has 1 heterocycles. The number of aromatic nitrogens is 1. The molecule has 0 saturated carbocycles. The zero-order valence-corrected chi connectivity index (χ0v) is 11.2. The number of benzene rings is 1. The first-order valence-corrected chi connectivity index (χ1v) is 6.10. The van der Waals surface area contributed by atoms with Gasteiger partial charge in [-0.05, 0) is 39.7 Å². The Kier molecular flexibility index (Phi) is 3.86. The van der Waals surface area contributed by atoms with Gasteiger partial charge in [0, 0.05) is 5.02 Å². The minimum Gasteiger partial charge on any atom is -0.472 e. The highest BCUT2D eigenvalue weighted by atomic mass is 79.9. The second-order valence-electron chi connectivity index (χ2n) is 3.47. The number of rotatable bonds is 3. The highest BCUT2D eigenvalue weighted by Crippen LogP contribution is 2.24.